The van der Waals surface area contributed by atoms with Crippen molar-refractivity contribution in [2.24, 2.45) is 5.92 Å². The number of aryl methyl sites for hydroxylation is 1. The lowest BCUT2D eigenvalue weighted by molar-refractivity contribution is 0.0698. The Labute approximate surface area is 113 Å². The number of nitrogens with two attached hydrogens (primary N) is 1. The Morgan fingerprint density at radius 1 is 1.42 bits per heavy atom. The zero-order chi connectivity index (χ0) is 14.6. The van der Waals surface area contributed by atoms with Crippen LogP contribution in [0.4, 0.5) is 11.4 Å². The summed E-state index contributed by atoms with van der Waals surface area (Å²) in [4.78, 5) is 11.1. The Morgan fingerprint density at radius 2 is 2.05 bits per heavy atom. The first kappa shape index (κ1) is 15.3. The molecule has 0 spiro atoms. The maximum Gasteiger partial charge on any atom is 0.337 e. The van der Waals surface area contributed by atoms with Crippen LogP contribution in [0.5, 0.6) is 0 Å². The average Bonchev–Trinajstić information content (AvgIpc) is 2.29. The summed E-state index contributed by atoms with van der Waals surface area (Å²) in [6.07, 6.45) is 0.248. The number of hydrogen-bond donors (Lipinski definition) is 4. The summed E-state index contributed by atoms with van der Waals surface area (Å²) in [5.74, 6) is -0.633. The van der Waals surface area contributed by atoms with Gasteiger partial charge in [-0.3, -0.25) is 0 Å². The van der Waals surface area contributed by atoms with Crippen molar-refractivity contribution in [3.8, 4) is 0 Å². The predicted molar refractivity (Wildman–Crippen MR) is 76.5 cm³/mol. The van der Waals surface area contributed by atoms with Gasteiger partial charge < -0.3 is 21.3 Å². The van der Waals surface area contributed by atoms with E-state index in [1.165, 1.54) is 6.07 Å². The minimum absolute atomic E-state index is 0.0841. The van der Waals surface area contributed by atoms with Crippen LogP contribution in [-0.2, 0) is 0 Å². The zero-order valence-electron chi connectivity index (χ0n) is 11.6. The van der Waals surface area contributed by atoms with E-state index in [2.05, 4.69) is 5.32 Å². The van der Waals surface area contributed by atoms with Gasteiger partial charge in [-0.05, 0) is 37.0 Å². The van der Waals surface area contributed by atoms with Gasteiger partial charge in [0.1, 0.15) is 0 Å². The summed E-state index contributed by atoms with van der Waals surface area (Å²) in [6, 6.07) is 3.27. The lowest BCUT2D eigenvalue weighted by atomic mass is 10.0. The number of rotatable bonds is 6. The third kappa shape index (κ3) is 4.44. The minimum Gasteiger partial charge on any atom is -0.478 e. The number of aliphatic hydroxyl groups excluding tert-OH is 1. The summed E-state index contributed by atoms with van der Waals surface area (Å²) in [6.45, 7) is 6.23. The molecule has 5 N–H and O–H groups in total. The van der Waals surface area contributed by atoms with E-state index in [-0.39, 0.29) is 11.3 Å². The average molecular weight is 266 g/mol. The Hall–Kier alpha value is -1.75. The molecule has 0 fully saturated rings. The maximum absolute atomic E-state index is 11.1. The molecule has 1 aromatic rings. The van der Waals surface area contributed by atoms with Crippen molar-refractivity contribution >= 4 is 17.3 Å². The number of nitrogens with one attached hydrogen (secondary N) is 1. The lowest BCUT2D eigenvalue weighted by Gasteiger charge is -2.16. The van der Waals surface area contributed by atoms with Gasteiger partial charge in [0.2, 0.25) is 0 Å². The number of benzene rings is 1. The van der Waals surface area contributed by atoms with E-state index < -0.39 is 12.1 Å². The van der Waals surface area contributed by atoms with Crippen LogP contribution in [0.3, 0.4) is 0 Å². The smallest absolute Gasteiger partial charge is 0.337 e. The van der Waals surface area contributed by atoms with Crippen LogP contribution in [-0.4, -0.2) is 28.8 Å². The highest BCUT2D eigenvalue weighted by Crippen LogP contribution is 2.23. The standard InChI is InChI=1S/C14H22N2O3/c1-8(2)4-11(17)7-16-10-5-9(3)13(15)12(6-10)14(18)19/h5-6,8,11,16-17H,4,7,15H2,1-3H3,(H,18,19). The number of carboxylic acid groups (broad SMARTS) is 1. The van der Waals surface area contributed by atoms with Gasteiger partial charge >= 0.3 is 5.97 Å². The number of anilines is 2. The minimum atomic E-state index is -1.05. The van der Waals surface area contributed by atoms with Crippen LogP contribution in [0.15, 0.2) is 12.1 Å². The predicted octanol–water partition coefficient (Wildman–Crippen LogP) is 2.09. The van der Waals surface area contributed by atoms with Crippen LogP contribution < -0.4 is 11.1 Å². The normalized spacial score (nSPS) is 12.5. The van der Waals surface area contributed by atoms with Gasteiger partial charge in [-0.1, -0.05) is 13.8 Å². The van der Waals surface area contributed by atoms with Crippen molar-refractivity contribution in [3.63, 3.8) is 0 Å². The Morgan fingerprint density at radius 3 is 2.58 bits per heavy atom. The van der Waals surface area contributed by atoms with Gasteiger partial charge in [0.25, 0.3) is 0 Å². The first-order valence-electron chi connectivity index (χ1n) is 6.36. The third-order valence-electron chi connectivity index (χ3n) is 2.90. The molecule has 5 nitrogen and oxygen atoms in total. The second-order valence-corrected chi connectivity index (χ2v) is 5.22. The quantitative estimate of drug-likeness (QED) is 0.591. The molecule has 0 aliphatic heterocycles. The summed E-state index contributed by atoms with van der Waals surface area (Å²) in [7, 11) is 0. The van der Waals surface area contributed by atoms with E-state index in [0.717, 1.165) is 0 Å². The maximum atomic E-state index is 11.1. The summed E-state index contributed by atoms with van der Waals surface area (Å²) < 4.78 is 0. The van der Waals surface area contributed by atoms with Crippen LogP contribution >= 0.6 is 0 Å². The molecule has 0 saturated heterocycles. The molecular formula is C14H22N2O3. The highest BCUT2D eigenvalue weighted by Gasteiger charge is 2.12. The van der Waals surface area contributed by atoms with Gasteiger partial charge in [0.15, 0.2) is 0 Å². The van der Waals surface area contributed by atoms with Crippen LogP contribution in [0.1, 0.15) is 36.2 Å². The molecular weight excluding hydrogens is 244 g/mol. The second kappa shape index (κ2) is 6.43. The van der Waals surface area contributed by atoms with E-state index in [1.54, 1.807) is 13.0 Å². The molecule has 0 amide bonds. The van der Waals surface area contributed by atoms with Crippen LogP contribution in [0, 0.1) is 12.8 Å². The van der Waals surface area contributed by atoms with Crippen LogP contribution in [0.2, 0.25) is 0 Å². The fourth-order valence-electron chi connectivity index (χ4n) is 1.94. The number of hydrogen-bond acceptors (Lipinski definition) is 4. The number of nitrogen functional groups attached to an aromatic ring is 1. The number of carboxylic acids is 1. The van der Waals surface area contributed by atoms with Crippen molar-refractivity contribution in [1.82, 2.24) is 0 Å². The number of aliphatic hydroxyl groups is 1. The SMILES string of the molecule is Cc1cc(NCC(O)CC(C)C)cc(C(=O)O)c1N. The summed E-state index contributed by atoms with van der Waals surface area (Å²) >= 11 is 0. The Balaban J connectivity index is 2.77. The molecule has 0 aromatic heterocycles. The molecule has 0 aliphatic carbocycles. The molecule has 5 heteroatoms. The molecule has 1 rings (SSSR count). The van der Waals surface area contributed by atoms with E-state index in [9.17, 15) is 9.90 Å². The van der Waals surface area contributed by atoms with Crippen molar-refractivity contribution in [1.29, 1.82) is 0 Å². The Kier molecular flexibility index (Phi) is 5.18. The molecule has 106 valence electrons. The largest absolute Gasteiger partial charge is 0.478 e. The molecule has 1 atom stereocenters. The van der Waals surface area contributed by atoms with Gasteiger partial charge in [-0.15, -0.1) is 0 Å². The van der Waals surface area contributed by atoms with Gasteiger partial charge in [-0.2, -0.15) is 0 Å². The van der Waals surface area contributed by atoms with Crippen molar-refractivity contribution in [2.45, 2.75) is 33.3 Å². The van der Waals surface area contributed by atoms with E-state index in [4.69, 9.17) is 10.8 Å². The van der Waals surface area contributed by atoms with Gasteiger partial charge in [-0.25, -0.2) is 4.79 Å². The highest BCUT2D eigenvalue weighted by atomic mass is 16.4. The van der Waals surface area contributed by atoms with Gasteiger partial charge in [0.05, 0.1) is 11.7 Å². The molecule has 19 heavy (non-hydrogen) atoms. The third-order valence-corrected chi connectivity index (χ3v) is 2.90. The second-order valence-electron chi connectivity index (χ2n) is 5.22. The first-order valence-corrected chi connectivity index (χ1v) is 6.36. The molecule has 0 radical (unpaired) electrons. The topological polar surface area (TPSA) is 95.6 Å². The number of carbonyl (C=O) groups is 1. The zero-order valence-corrected chi connectivity index (χ0v) is 11.6. The number of aromatic carboxylic acids is 1. The highest BCUT2D eigenvalue weighted by molar-refractivity contribution is 5.95. The van der Waals surface area contributed by atoms with Crippen molar-refractivity contribution in [3.05, 3.63) is 23.3 Å². The molecule has 1 unspecified atom stereocenters. The van der Waals surface area contributed by atoms with Crippen LogP contribution in [0.25, 0.3) is 0 Å². The monoisotopic (exact) mass is 266 g/mol. The summed E-state index contributed by atoms with van der Waals surface area (Å²) in [5, 5.41) is 21.9. The van der Waals surface area contributed by atoms with Gasteiger partial charge in [0, 0.05) is 17.9 Å². The first-order chi connectivity index (χ1) is 8.81. The fourth-order valence-corrected chi connectivity index (χ4v) is 1.94. The molecule has 0 heterocycles. The molecule has 0 bridgehead atoms. The van der Waals surface area contributed by atoms with Crippen molar-refractivity contribution < 1.29 is 15.0 Å². The van der Waals surface area contributed by atoms with E-state index in [0.29, 0.717) is 30.1 Å². The van der Waals surface area contributed by atoms with E-state index >= 15 is 0 Å². The Bertz CT molecular complexity index is 458. The molecule has 0 saturated carbocycles. The van der Waals surface area contributed by atoms with E-state index in [1.807, 2.05) is 13.8 Å². The molecule has 1 aromatic carbocycles. The van der Waals surface area contributed by atoms with Crippen molar-refractivity contribution in [2.75, 3.05) is 17.6 Å². The molecule has 0 aliphatic rings. The summed E-state index contributed by atoms with van der Waals surface area (Å²) in [5.41, 5.74) is 7.45. The lowest BCUT2D eigenvalue weighted by Crippen LogP contribution is -2.21. The fraction of sp³-hybridized carbons (Fsp3) is 0.500.